The fourth-order valence-electron chi connectivity index (χ4n) is 3.58. The molecule has 0 aliphatic carbocycles. The van der Waals surface area contributed by atoms with E-state index >= 15 is 0 Å². The maximum absolute atomic E-state index is 5.48. The Bertz CT molecular complexity index is 994. The molecule has 9 heteroatoms. The normalized spacial score (nSPS) is 17.5. The van der Waals surface area contributed by atoms with Gasteiger partial charge in [0.15, 0.2) is 5.82 Å². The number of pyridine rings is 1. The van der Waals surface area contributed by atoms with Gasteiger partial charge in [-0.15, -0.1) is 0 Å². The van der Waals surface area contributed by atoms with Crippen LogP contribution in [-0.4, -0.2) is 56.2 Å². The van der Waals surface area contributed by atoms with Crippen molar-refractivity contribution in [2.24, 2.45) is 0 Å². The molecule has 5 rings (SSSR count). The van der Waals surface area contributed by atoms with Gasteiger partial charge >= 0.3 is 6.01 Å². The minimum absolute atomic E-state index is 0.0306. The summed E-state index contributed by atoms with van der Waals surface area (Å²) in [4.78, 5) is 24.2. The Labute approximate surface area is 162 Å². The molecule has 2 aliphatic heterocycles. The SMILES string of the molecule is CC(C)Oc1ncc(Nc2ncnc3ccc(N4CC5(CCN5)C4)nc23)cn1. The number of nitrogens with one attached hydrogen (secondary N) is 2. The molecule has 28 heavy (non-hydrogen) atoms. The molecule has 144 valence electrons. The number of rotatable bonds is 5. The summed E-state index contributed by atoms with van der Waals surface area (Å²) < 4.78 is 5.48. The summed E-state index contributed by atoms with van der Waals surface area (Å²) in [6.07, 6.45) is 6.14. The molecule has 2 saturated heterocycles. The molecule has 0 saturated carbocycles. The highest BCUT2D eigenvalue weighted by Crippen LogP contribution is 2.34. The van der Waals surface area contributed by atoms with Gasteiger partial charge in [0.1, 0.15) is 17.7 Å². The Morgan fingerprint density at radius 2 is 1.93 bits per heavy atom. The number of hydrogen-bond acceptors (Lipinski definition) is 9. The van der Waals surface area contributed by atoms with Gasteiger partial charge in [0.25, 0.3) is 0 Å². The minimum atomic E-state index is 0.0306. The van der Waals surface area contributed by atoms with Gasteiger partial charge in [0, 0.05) is 13.1 Å². The molecule has 9 nitrogen and oxygen atoms in total. The van der Waals surface area contributed by atoms with Crippen LogP contribution in [0.15, 0.2) is 30.9 Å². The quantitative estimate of drug-likeness (QED) is 0.689. The zero-order chi connectivity index (χ0) is 19.1. The van der Waals surface area contributed by atoms with Crippen LogP contribution in [0.5, 0.6) is 6.01 Å². The van der Waals surface area contributed by atoms with Gasteiger partial charge in [0.2, 0.25) is 0 Å². The summed E-state index contributed by atoms with van der Waals surface area (Å²) in [7, 11) is 0. The highest BCUT2D eigenvalue weighted by Gasteiger charge is 2.47. The van der Waals surface area contributed by atoms with Crippen molar-refractivity contribution in [3.63, 3.8) is 0 Å². The molecular weight excluding hydrogens is 356 g/mol. The van der Waals surface area contributed by atoms with E-state index < -0.39 is 0 Å². The van der Waals surface area contributed by atoms with Crippen LogP contribution in [0.25, 0.3) is 11.0 Å². The predicted molar refractivity (Wildman–Crippen MR) is 106 cm³/mol. The number of anilines is 3. The Balaban J connectivity index is 1.38. The lowest BCUT2D eigenvalue weighted by molar-refractivity contribution is 0.159. The molecule has 0 unspecified atom stereocenters. The van der Waals surface area contributed by atoms with Crippen LogP contribution >= 0.6 is 0 Å². The van der Waals surface area contributed by atoms with Gasteiger partial charge < -0.3 is 20.3 Å². The van der Waals surface area contributed by atoms with Crippen molar-refractivity contribution in [3.8, 4) is 6.01 Å². The second kappa shape index (κ2) is 6.52. The Morgan fingerprint density at radius 1 is 1.14 bits per heavy atom. The summed E-state index contributed by atoms with van der Waals surface area (Å²) in [6, 6.07) is 4.36. The molecular formula is C19H22N8O. The van der Waals surface area contributed by atoms with Crippen LogP contribution in [0.4, 0.5) is 17.3 Å². The summed E-state index contributed by atoms with van der Waals surface area (Å²) in [5.74, 6) is 1.58. The lowest BCUT2D eigenvalue weighted by Gasteiger charge is -2.56. The largest absolute Gasteiger partial charge is 0.461 e. The topological polar surface area (TPSA) is 101 Å². The number of hydrogen-bond donors (Lipinski definition) is 2. The van der Waals surface area contributed by atoms with Gasteiger partial charge in [-0.25, -0.2) is 24.9 Å². The number of aromatic nitrogens is 5. The Hall–Kier alpha value is -3.07. The van der Waals surface area contributed by atoms with E-state index in [0.29, 0.717) is 23.1 Å². The van der Waals surface area contributed by atoms with Crippen LogP contribution in [0.2, 0.25) is 0 Å². The highest BCUT2D eigenvalue weighted by atomic mass is 16.5. The van der Waals surface area contributed by atoms with E-state index in [1.54, 1.807) is 12.4 Å². The molecule has 3 aromatic heterocycles. The lowest BCUT2D eigenvalue weighted by Crippen LogP contribution is -2.76. The van der Waals surface area contributed by atoms with E-state index in [0.717, 1.165) is 36.5 Å². The average molecular weight is 378 g/mol. The molecule has 2 N–H and O–H groups in total. The lowest BCUT2D eigenvalue weighted by atomic mass is 9.80. The maximum atomic E-state index is 5.48. The van der Waals surface area contributed by atoms with Crippen molar-refractivity contribution >= 4 is 28.4 Å². The predicted octanol–water partition coefficient (Wildman–Crippen LogP) is 1.90. The molecule has 1 spiro atoms. The van der Waals surface area contributed by atoms with Crippen LogP contribution < -0.4 is 20.3 Å². The molecule has 5 heterocycles. The van der Waals surface area contributed by atoms with E-state index in [1.807, 2.05) is 26.0 Å². The third-order valence-corrected chi connectivity index (χ3v) is 5.11. The second-order valence-electron chi connectivity index (χ2n) is 7.62. The van der Waals surface area contributed by atoms with Gasteiger partial charge in [-0.1, -0.05) is 0 Å². The fraction of sp³-hybridized carbons (Fsp3) is 0.421. The monoisotopic (exact) mass is 378 g/mol. The third-order valence-electron chi connectivity index (χ3n) is 5.11. The standard InChI is InChI=1S/C19H22N8O/c1-12(2)28-18-20-7-13(8-21-18)25-17-16-14(22-11-23-17)3-4-15(26-16)27-9-19(10-27)5-6-24-19/h3-4,7-8,11-12,24H,5-6,9-10H2,1-2H3,(H,22,23,25). The van der Waals surface area contributed by atoms with Gasteiger partial charge in [-0.3, -0.25) is 0 Å². The molecule has 2 fully saturated rings. The highest BCUT2D eigenvalue weighted by molar-refractivity contribution is 5.88. The fourth-order valence-corrected chi connectivity index (χ4v) is 3.58. The Kier molecular flexibility index (Phi) is 3.97. The van der Waals surface area contributed by atoms with Crippen molar-refractivity contribution < 1.29 is 4.74 Å². The minimum Gasteiger partial charge on any atom is -0.461 e. The number of ether oxygens (including phenoxy) is 1. The van der Waals surface area contributed by atoms with E-state index in [9.17, 15) is 0 Å². The maximum Gasteiger partial charge on any atom is 0.316 e. The third kappa shape index (κ3) is 3.07. The van der Waals surface area contributed by atoms with Crippen LogP contribution in [-0.2, 0) is 0 Å². The van der Waals surface area contributed by atoms with Crippen molar-refractivity contribution in [2.75, 3.05) is 29.9 Å². The van der Waals surface area contributed by atoms with Crippen LogP contribution in [0.1, 0.15) is 20.3 Å². The van der Waals surface area contributed by atoms with E-state index in [-0.39, 0.29) is 6.10 Å². The van der Waals surface area contributed by atoms with E-state index in [4.69, 9.17) is 9.72 Å². The van der Waals surface area contributed by atoms with Crippen molar-refractivity contribution in [2.45, 2.75) is 31.9 Å². The first-order valence-corrected chi connectivity index (χ1v) is 9.48. The van der Waals surface area contributed by atoms with Crippen LogP contribution in [0.3, 0.4) is 0 Å². The zero-order valence-corrected chi connectivity index (χ0v) is 15.9. The number of fused-ring (bicyclic) bond motifs is 1. The van der Waals surface area contributed by atoms with E-state index in [1.165, 1.54) is 12.7 Å². The molecule has 0 radical (unpaired) electrons. The average Bonchev–Trinajstić information content (AvgIpc) is 2.61. The second-order valence-corrected chi connectivity index (χ2v) is 7.62. The first-order valence-electron chi connectivity index (χ1n) is 9.48. The summed E-state index contributed by atoms with van der Waals surface area (Å²) in [5, 5.41) is 6.77. The first-order chi connectivity index (χ1) is 13.6. The molecule has 0 amide bonds. The van der Waals surface area contributed by atoms with Crippen molar-refractivity contribution in [1.82, 2.24) is 30.2 Å². The van der Waals surface area contributed by atoms with Crippen molar-refractivity contribution in [1.29, 1.82) is 0 Å². The van der Waals surface area contributed by atoms with Gasteiger partial charge in [0.05, 0.1) is 35.2 Å². The molecule has 2 aliphatic rings. The van der Waals surface area contributed by atoms with Gasteiger partial charge in [-0.05, 0) is 38.9 Å². The molecule has 0 aromatic carbocycles. The summed E-state index contributed by atoms with van der Waals surface area (Å²) in [5.41, 5.74) is 2.54. The Morgan fingerprint density at radius 3 is 2.61 bits per heavy atom. The van der Waals surface area contributed by atoms with Crippen molar-refractivity contribution in [3.05, 3.63) is 30.9 Å². The van der Waals surface area contributed by atoms with Crippen LogP contribution in [0, 0.1) is 0 Å². The summed E-state index contributed by atoms with van der Waals surface area (Å²) >= 11 is 0. The first kappa shape index (κ1) is 17.1. The molecule has 0 atom stereocenters. The number of nitrogens with zero attached hydrogens (tertiary/aromatic N) is 6. The molecule has 0 bridgehead atoms. The summed E-state index contributed by atoms with van der Waals surface area (Å²) in [6.45, 7) is 6.98. The van der Waals surface area contributed by atoms with E-state index in [2.05, 4.69) is 35.5 Å². The smallest absolute Gasteiger partial charge is 0.316 e. The molecule has 3 aromatic rings. The zero-order valence-electron chi connectivity index (χ0n) is 15.9. The van der Waals surface area contributed by atoms with Gasteiger partial charge in [-0.2, -0.15) is 0 Å².